The van der Waals surface area contributed by atoms with Crippen molar-refractivity contribution in [1.29, 1.82) is 0 Å². The maximum Gasteiger partial charge on any atom is 0.137 e. The van der Waals surface area contributed by atoms with E-state index in [1.807, 2.05) is 0 Å². The molecule has 0 atom stereocenters. The van der Waals surface area contributed by atoms with E-state index in [-0.39, 0.29) is 11.3 Å². The highest BCUT2D eigenvalue weighted by molar-refractivity contribution is 5.83. The van der Waals surface area contributed by atoms with Crippen LogP contribution in [0.1, 0.15) is 38.3 Å². The molecule has 0 saturated carbocycles. The van der Waals surface area contributed by atoms with Gasteiger partial charge in [0.2, 0.25) is 0 Å². The number of carbonyl (C=O) groups is 1. The Bertz CT molecular complexity index is 373. The monoisotopic (exact) mass is 216 g/mol. The molecule has 1 aromatic carbocycles. The average molecular weight is 216 g/mol. The molecule has 0 unspecified atom stereocenters. The fourth-order valence-corrected chi connectivity index (χ4v) is 2.45. The van der Waals surface area contributed by atoms with Gasteiger partial charge in [-0.25, -0.2) is 0 Å². The number of ketones is 1. The second kappa shape index (κ2) is 4.04. The summed E-state index contributed by atoms with van der Waals surface area (Å²) in [5.41, 5.74) is 2.86. The number of benzene rings is 1. The van der Waals surface area contributed by atoms with Gasteiger partial charge in [0.1, 0.15) is 5.78 Å². The standard InChI is InChI=1S/C15H20O/c1-15(2,3)10-14(16)13-8-11-6-4-5-7-12(11)9-13/h4-7,13H,8-10H2,1-3H3. The van der Waals surface area contributed by atoms with Gasteiger partial charge in [0, 0.05) is 12.3 Å². The quantitative estimate of drug-likeness (QED) is 0.740. The third-order valence-corrected chi connectivity index (χ3v) is 3.21. The number of hydrogen-bond acceptors (Lipinski definition) is 1. The first-order chi connectivity index (χ1) is 7.46. The second-order valence-electron chi connectivity index (χ2n) is 6.08. The van der Waals surface area contributed by atoms with Crippen molar-refractivity contribution in [2.75, 3.05) is 0 Å². The highest BCUT2D eigenvalue weighted by atomic mass is 16.1. The molecule has 0 fully saturated rings. The molecular weight excluding hydrogens is 196 g/mol. The normalized spacial score (nSPS) is 16.2. The lowest BCUT2D eigenvalue weighted by atomic mass is 9.85. The van der Waals surface area contributed by atoms with Gasteiger partial charge in [0.15, 0.2) is 0 Å². The van der Waals surface area contributed by atoms with Crippen molar-refractivity contribution in [3.05, 3.63) is 35.4 Å². The molecule has 16 heavy (non-hydrogen) atoms. The van der Waals surface area contributed by atoms with Crippen LogP contribution in [-0.4, -0.2) is 5.78 Å². The molecule has 1 aliphatic rings. The van der Waals surface area contributed by atoms with Crippen LogP contribution >= 0.6 is 0 Å². The van der Waals surface area contributed by atoms with Crippen molar-refractivity contribution in [2.24, 2.45) is 11.3 Å². The molecule has 86 valence electrons. The molecule has 0 aromatic heterocycles. The van der Waals surface area contributed by atoms with Crippen molar-refractivity contribution in [1.82, 2.24) is 0 Å². The second-order valence-corrected chi connectivity index (χ2v) is 6.08. The first-order valence-electron chi connectivity index (χ1n) is 6.05. The van der Waals surface area contributed by atoms with Gasteiger partial charge in [-0.05, 0) is 29.4 Å². The number of rotatable bonds is 2. The maximum atomic E-state index is 12.1. The summed E-state index contributed by atoms with van der Waals surface area (Å²) in [4.78, 5) is 12.1. The van der Waals surface area contributed by atoms with Crippen LogP contribution < -0.4 is 0 Å². The van der Waals surface area contributed by atoms with Gasteiger partial charge in [-0.3, -0.25) is 4.79 Å². The van der Waals surface area contributed by atoms with Crippen LogP contribution in [0.25, 0.3) is 0 Å². The average Bonchev–Trinajstić information content (AvgIpc) is 2.58. The molecular formula is C15H20O. The Morgan fingerprint density at radius 1 is 1.19 bits per heavy atom. The summed E-state index contributed by atoms with van der Waals surface area (Å²) < 4.78 is 0. The fraction of sp³-hybridized carbons (Fsp3) is 0.533. The molecule has 1 nitrogen and oxygen atoms in total. The van der Waals surface area contributed by atoms with Gasteiger partial charge in [0.05, 0.1) is 0 Å². The van der Waals surface area contributed by atoms with E-state index < -0.39 is 0 Å². The van der Waals surface area contributed by atoms with Crippen LogP contribution in [0.5, 0.6) is 0 Å². The summed E-state index contributed by atoms with van der Waals surface area (Å²) in [6.07, 6.45) is 2.60. The van der Waals surface area contributed by atoms with Crippen molar-refractivity contribution >= 4 is 5.78 Å². The van der Waals surface area contributed by atoms with E-state index in [0.717, 1.165) is 12.8 Å². The maximum absolute atomic E-state index is 12.1. The van der Waals surface area contributed by atoms with Crippen molar-refractivity contribution in [3.8, 4) is 0 Å². The number of fused-ring (bicyclic) bond motifs is 1. The summed E-state index contributed by atoms with van der Waals surface area (Å²) >= 11 is 0. The van der Waals surface area contributed by atoms with Crippen LogP contribution in [0.15, 0.2) is 24.3 Å². The Labute approximate surface area is 97.9 Å². The van der Waals surface area contributed by atoms with E-state index in [0.29, 0.717) is 12.2 Å². The third kappa shape index (κ3) is 2.52. The molecule has 0 aliphatic heterocycles. The number of hydrogen-bond donors (Lipinski definition) is 0. The Balaban J connectivity index is 2.04. The SMILES string of the molecule is CC(C)(C)CC(=O)C1Cc2ccccc2C1. The zero-order valence-corrected chi connectivity index (χ0v) is 10.4. The van der Waals surface area contributed by atoms with E-state index in [4.69, 9.17) is 0 Å². The summed E-state index contributed by atoms with van der Waals surface area (Å²) in [5.74, 6) is 0.667. The first kappa shape index (κ1) is 11.4. The predicted octanol–water partition coefficient (Wildman–Crippen LogP) is 3.41. The van der Waals surface area contributed by atoms with Gasteiger partial charge in [-0.15, -0.1) is 0 Å². The zero-order valence-electron chi connectivity index (χ0n) is 10.4. The van der Waals surface area contributed by atoms with E-state index in [2.05, 4.69) is 45.0 Å². The summed E-state index contributed by atoms with van der Waals surface area (Å²) in [5, 5.41) is 0. The van der Waals surface area contributed by atoms with E-state index in [1.54, 1.807) is 0 Å². The van der Waals surface area contributed by atoms with Gasteiger partial charge in [0.25, 0.3) is 0 Å². The highest BCUT2D eigenvalue weighted by Gasteiger charge is 2.29. The molecule has 2 rings (SSSR count). The molecule has 0 bridgehead atoms. The first-order valence-corrected chi connectivity index (χ1v) is 6.05. The van der Waals surface area contributed by atoms with Crippen molar-refractivity contribution < 1.29 is 4.79 Å². The smallest absolute Gasteiger partial charge is 0.137 e. The lowest BCUT2D eigenvalue weighted by molar-refractivity contribution is -0.124. The van der Waals surface area contributed by atoms with Crippen LogP contribution in [0.3, 0.4) is 0 Å². The summed E-state index contributed by atoms with van der Waals surface area (Å²) in [6.45, 7) is 6.40. The van der Waals surface area contributed by atoms with Crippen LogP contribution in [0, 0.1) is 11.3 Å². The van der Waals surface area contributed by atoms with Gasteiger partial charge in [-0.2, -0.15) is 0 Å². The predicted molar refractivity (Wildman–Crippen MR) is 66.4 cm³/mol. The molecule has 0 N–H and O–H groups in total. The minimum Gasteiger partial charge on any atom is -0.299 e. The zero-order chi connectivity index (χ0) is 11.8. The topological polar surface area (TPSA) is 17.1 Å². The molecule has 1 aliphatic carbocycles. The van der Waals surface area contributed by atoms with Gasteiger partial charge < -0.3 is 0 Å². The summed E-state index contributed by atoms with van der Waals surface area (Å²) in [7, 11) is 0. The number of Topliss-reactive ketones (excluding diaryl/α,β-unsaturated/α-hetero) is 1. The Morgan fingerprint density at radius 3 is 2.12 bits per heavy atom. The largest absolute Gasteiger partial charge is 0.299 e. The molecule has 0 amide bonds. The molecule has 1 aromatic rings. The lowest BCUT2D eigenvalue weighted by Crippen LogP contribution is -2.21. The van der Waals surface area contributed by atoms with Crippen LogP contribution in [0.4, 0.5) is 0 Å². The third-order valence-electron chi connectivity index (χ3n) is 3.21. The van der Waals surface area contributed by atoms with E-state index in [1.165, 1.54) is 11.1 Å². The van der Waals surface area contributed by atoms with Crippen LogP contribution in [-0.2, 0) is 17.6 Å². The molecule has 0 saturated heterocycles. The van der Waals surface area contributed by atoms with Crippen molar-refractivity contribution in [3.63, 3.8) is 0 Å². The highest BCUT2D eigenvalue weighted by Crippen LogP contribution is 2.30. The van der Waals surface area contributed by atoms with Gasteiger partial charge in [-0.1, -0.05) is 45.0 Å². The summed E-state index contributed by atoms with van der Waals surface area (Å²) in [6, 6.07) is 8.43. The van der Waals surface area contributed by atoms with Crippen LogP contribution in [0.2, 0.25) is 0 Å². The minimum absolute atomic E-state index is 0.117. The lowest BCUT2D eigenvalue weighted by Gasteiger charge is -2.19. The number of carbonyl (C=O) groups excluding carboxylic acids is 1. The minimum atomic E-state index is 0.117. The Hall–Kier alpha value is -1.11. The van der Waals surface area contributed by atoms with Crippen molar-refractivity contribution in [2.45, 2.75) is 40.0 Å². The Kier molecular flexibility index (Phi) is 2.88. The van der Waals surface area contributed by atoms with Gasteiger partial charge >= 0.3 is 0 Å². The fourth-order valence-electron chi connectivity index (χ4n) is 2.45. The Morgan fingerprint density at radius 2 is 1.69 bits per heavy atom. The molecule has 0 heterocycles. The molecule has 0 spiro atoms. The molecule has 0 radical (unpaired) electrons. The van der Waals surface area contributed by atoms with E-state index >= 15 is 0 Å². The molecule has 1 heteroatoms. The van der Waals surface area contributed by atoms with E-state index in [9.17, 15) is 4.79 Å².